The van der Waals surface area contributed by atoms with E-state index in [0.717, 1.165) is 23.2 Å². The Balaban J connectivity index is 1.62. The van der Waals surface area contributed by atoms with E-state index in [4.69, 9.17) is 19.6 Å². The van der Waals surface area contributed by atoms with Crippen LogP contribution in [0.25, 0.3) is 17.1 Å². The normalized spacial score (nSPS) is 19.1. The number of fused-ring (bicyclic) bond motifs is 4. The number of hydrogen-bond donors (Lipinski definition) is 2. The van der Waals surface area contributed by atoms with Crippen molar-refractivity contribution in [1.82, 2.24) is 9.55 Å². The molecule has 0 saturated heterocycles. The van der Waals surface area contributed by atoms with Crippen molar-refractivity contribution in [3.63, 3.8) is 0 Å². The Kier molecular flexibility index (Phi) is 3.34. The Hall–Kier alpha value is -3.42. The lowest BCUT2D eigenvalue weighted by Crippen LogP contribution is -2.30. The quantitative estimate of drug-likeness (QED) is 0.736. The molecule has 2 aliphatic rings. The fourth-order valence-electron chi connectivity index (χ4n) is 3.15. The zero-order valence-corrected chi connectivity index (χ0v) is 13.9. The van der Waals surface area contributed by atoms with Crippen molar-refractivity contribution in [3.05, 3.63) is 42.4 Å². The second-order valence-electron chi connectivity index (χ2n) is 6.07. The molecule has 0 bridgehead atoms. The van der Waals surface area contributed by atoms with E-state index in [2.05, 4.69) is 15.3 Å². The first-order valence-electron chi connectivity index (χ1n) is 8.41. The van der Waals surface area contributed by atoms with E-state index in [1.165, 1.54) is 0 Å². The van der Waals surface area contributed by atoms with Crippen molar-refractivity contribution in [2.24, 2.45) is 10.7 Å². The lowest BCUT2D eigenvalue weighted by atomic mass is 10.2. The number of nitrogens with zero attached hydrogens (tertiary/aromatic N) is 3. The number of aromatic nitrogens is 2. The second kappa shape index (κ2) is 5.83. The minimum absolute atomic E-state index is 0.316. The summed E-state index contributed by atoms with van der Waals surface area (Å²) in [5.41, 5.74) is 7.61. The molecule has 26 heavy (non-hydrogen) atoms. The average Bonchev–Trinajstić information content (AvgIpc) is 3.20. The van der Waals surface area contributed by atoms with E-state index in [-0.39, 0.29) is 6.17 Å². The van der Waals surface area contributed by atoms with Crippen molar-refractivity contribution in [2.45, 2.75) is 12.6 Å². The Labute approximate surface area is 148 Å². The standard InChI is InChI=1S/C18H17N5O3/c19-17-21-16(5-4-11-3-1-6-24-11)23-13-10-15-14(25-7-2-8-26-15)9-12(13)20-18(23)22-17/h1,3-6,9-10,16H,2,7-8H2,(H3,19,20,21,22)/b5-4+. The third-order valence-corrected chi connectivity index (χ3v) is 4.31. The van der Waals surface area contributed by atoms with Crippen LogP contribution in [-0.4, -0.2) is 28.7 Å². The fraction of sp³-hybridized carbons (Fsp3) is 0.222. The maximum absolute atomic E-state index is 5.93. The van der Waals surface area contributed by atoms with E-state index >= 15 is 0 Å². The van der Waals surface area contributed by atoms with Crippen LogP contribution in [0.5, 0.6) is 11.5 Å². The van der Waals surface area contributed by atoms with Crippen molar-refractivity contribution in [1.29, 1.82) is 0 Å². The molecule has 8 nitrogen and oxygen atoms in total. The molecule has 4 heterocycles. The maximum Gasteiger partial charge on any atom is 0.212 e. The topological polar surface area (TPSA) is 99.8 Å². The van der Waals surface area contributed by atoms with Crippen LogP contribution in [0.3, 0.4) is 0 Å². The van der Waals surface area contributed by atoms with Gasteiger partial charge in [0, 0.05) is 18.6 Å². The molecule has 0 radical (unpaired) electrons. The van der Waals surface area contributed by atoms with Crippen LogP contribution < -0.4 is 20.5 Å². The lowest BCUT2D eigenvalue weighted by Gasteiger charge is -2.21. The number of furan rings is 1. The number of imidazole rings is 1. The average molecular weight is 351 g/mol. The summed E-state index contributed by atoms with van der Waals surface area (Å²) in [5.74, 6) is 3.11. The highest BCUT2D eigenvalue weighted by Crippen LogP contribution is 2.37. The largest absolute Gasteiger partial charge is 0.489 e. The third-order valence-electron chi connectivity index (χ3n) is 4.31. The van der Waals surface area contributed by atoms with Gasteiger partial charge in [-0.1, -0.05) is 0 Å². The van der Waals surface area contributed by atoms with Gasteiger partial charge in [-0.15, -0.1) is 0 Å². The molecule has 2 aliphatic heterocycles. The molecule has 0 saturated carbocycles. The molecule has 1 atom stereocenters. The Morgan fingerprint density at radius 3 is 2.88 bits per heavy atom. The molecule has 132 valence electrons. The first-order chi connectivity index (χ1) is 12.8. The summed E-state index contributed by atoms with van der Waals surface area (Å²) in [5, 5.41) is 3.02. The molecule has 0 aliphatic carbocycles. The van der Waals surface area contributed by atoms with Gasteiger partial charge in [0.25, 0.3) is 0 Å². The van der Waals surface area contributed by atoms with E-state index in [1.54, 1.807) is 6.26 Å². The number of nitrogens with two attached hydrogens (primary N) is 1. The Morgan fingerprint density at radius 1 is 1.23 bits per heavy atom. The van der Waals surface area contributed by atoms with Crippen LogP contribution in [-0.2, 0) is 0 Å². The summed E-state index contributed by atoms with van der Waals surface area (Å²) in [6.45, 7) is 1.26. The van der Waals surface area contributed by atoms with Crippen LogP contribution in [0.15, 0.2) is 46.0 Å². The summed E-state index contributed by atoms with van der Waals surface area (Å²) in [4.78, 5) is 9.12. The van der Waals surface area contributed by atoms with Crippen LogP contribution >= 0.6 is 0 Å². The first-order valence-corrected chi connectivity index (χ1v) is 8.41. The van der Waals surface area contributed by atoms with E-state index < -0.39 is 0 Å². The van der Waals surface area contributed by atoms with E-state index in [1.807, 2.05) is 41.0 Å². The summed E-state index contributed by atoms with van der Waals surface area (Å²) in [6.07, 6.45) is 5.93. The van der Waals surface area contributed by atoms with Gasteiger partial charge in [0.2, 0.25) is 5.95 Å². The molecule has 1 aromatic carbocycles. The van der Waals surface area contributed by atoms with Crippen molar-refractivity contribution in [2.75, 3.05) is 18.5 Å². The zero-order valence-electron chi connectivity index (χ0n) is 13.9. The maximum atomic E-state index is 5.93. The van der Waals surface area contributed by atoms with Gasteiger partial charge in [-0.05, 0) is 24.3 Å². The van der Waals surface area contributed by atoms with Gasteiger partial charge in [-0.25, -0.2) is 9.98 Å². The zero-order chi connectivity index (χ0) is 17.5. The Bertz CT molecular complexity index is 1020. The molecular weight excluding hydrogens is 334 g/mol. The van der Waals surface area contributed by atoms with Crippen LogP contribution in [0.1, 0.15) is 18.3 Å². The monoisotopic (exact) mass is 351 g/mol. The molecule has 1 unspecified atom stereocenters. The summed E-state index contributed by atoms with van der Waals surface area (Å²) in [7, 11) is 0. The minimum Gasteiger partial charge on any atom is -0.489 e. The fourth-order valence-corrected chi connectivity index (χ4v) is 3.15. The third kappa shape index (κ3) is 2.46. The summed E-state index contributed by atoms with van der Waals surface area (Å²) < 4.78 is 18.9. The highest BCUT2D eigenvalue weighted by molar-refractivity contribution is 5.95. The van der Waals surface area contributed by atoms with E-state index in [9.17, 15) is 0 Å². The number of aliphatic imine (C=N–C) groups is 1. The number of rotatable bonds is 2. The summed E-state index contributed by atoms with van der Waals surface area (Å²) in [6, 6.07) is 7.55. The number of guanidine groups is 1. The number of nitrogens with one attached hydrogen (secondary N) is 1. The van der Waals surface area contributed by atoms with Gasteiger partial charge in [0.1, 0.15) is 5.76 Å². The van der Waals surface area contributed by atoms with Crippen molar-refractivity contribution >= 4 is 29.0 Å². The molecule has 2 aromatic heterocycles. The van der Waals surface area contributed by atoms with Gasteiger partial charge in [0.05, 0.1) is 30.5 Å². The van der Waals surface area contributed by atoms with Crippen LogP contribution in [0, 0.1) is 0 Å². The molecule has 0 amide bonds. The predicted octanol–water partition coefficient (Wildman–Crippen LogP) is 2.74. The van der Waals surface area contributed by atoms with Gasteiger partial charge < -0.3 is 19.6 Å². The van der Waals surface area contributed by atoms with E-state index in [0.29, 0.717) is 36.6 Å². The van der Waals surface area contributed by atoms with Crippen LogP contribution in [0.2, 0.25) is 0 Å². The van der Waals surface area contributed by atoms with Crippen molar-refractivity contribution < 1.29 is 13.9 Å². The molecule has 0 fully saturated rings. The highest BCUT2D eigenvalue weighted by atomic mass is 16.5. The minimum atomic E-state index is -0.342. The second-order valence-corrected chi connectivity index (χ2v) is 6.07. The van der Waals surface area contributed by atoms with Gasteiger partial charge in [-0.3, -0.25) is 9.88 Å². The molecule has 3 N–H and O–H groups in total. The van der Waals surface area contributed by atoms with Gasteiger partial charge in [0.15, 0.2) is 23.6 Å². The molecule has 5 rings (SSSR count). The predicted molar refractivity (Wildman–Crippen MR) is 97.4 cm³/mol. The number of hydrogen-bond acceptors (Lipinski definition) is 7. The lowest BCUT2D eigenvalue weighted by molar-refractivity contribution is 0.297. The molecule has 0 spiro atoms. The number of ether oxygens (including phenoxy) is 2. The Morgan fingerprint density at radius 2 is 2.08 bits per heavy atom. The molecular formula is C18H17N5O3. The van der Waals surface area contributed by atoms with Gasteiger partial charge >= 0.3 is 0 Å². The summed E-state index contributed by atoms with van der Waals surface area (Å²) >= 11 is 0. The first kappa shape index (κ1) is 14.9. The van der Waals surface area contributed by atoms with Crippen LogP contribution in [0.4, 0.5) is 5.95 Å². The molecule has 8 heteroatoms. The highest BCUT2D eigenvalue weighted by Gasteiger charge is 2.24. The smallest absolute Gasteiger partial charge is 0.212 e. The number of anilines is 1. The van der Waals surface area contributed by atoms with Gasteiger partial charge in [-0.2, -0.15) is 0 Å². The molecule has 3 aromatic rings. The van der Waals surface area contributed by atoms with Crippen molar-refractivity contribution in [3.8, 4) is 11.5 Å². The number of benzene rings is 1. The SMILES string of the molecule is NC1=NC(/C=C/c2ccco2)n2c(nc3cc4c(cc32)OCCCO4)N1.